The molecule has 1 amide bonds. The molecule has 7 heteroatoms. The molecule has 0 saturated carbocycles. The van der Waals surface area contributed by atoms with E-state index in [1.54, 1.807) is 0 Å². The van der Waals surface area contributed by atoms with Crippen LogP contribution in [0.25, 0.3) is 16.6 Å². The van der Waals surface area contributed by atoms with Crippen molar-refractivity contribution in [3.8, 4) is 5.69 Å². The predicted molar refractivity (Wildman–Crippen MR) is 122 cm³/mol. The number of hydrogen-bond acceptors (Lipinski definition) is 4. The standard InChI is InChI=1S/C24H31N5O2/c1-17-10-12-20(13-11-17)29-19(3)22-18(2)25-28(24(31)23(22)26-29)16-8-9-21(30)27-14-6-4-5-7-15-27/h10-13H,4-9,14-16H2,1-3H3. The smallest absolute Gasteiger partial charge is 0.295 e. The maximum atomic E-state index is 13.1. The molecule has 0 N–H and O–H groups in total. The number of nitrogens with zero attached hydrogens (tertiary/aromatic N) is 5. The first kappa shape index (κ1) is 21.3. The molecule has 1 aromatic carbocycles. The Morgan fingerprint density at radius 2 is 1.65 bits per heavy atom. The first-order valence-corrected chi connectivity index (χ1v) is 11.3. The SMILES string of the molecule is Cc1ccc(-n2nc3c(=O)n(CCCC(=O)N4CCCCCC4)nc(C)c3c2C)cc1. The van der Waals surface area contributed by atoms with Gasteiger partial charge in [-0.25, -0.2) is 9.36 Å². The summed E-state index contributed by atoms with van der Waals surface area (Å²) < 4.78 is 3.28. The second-order valence-corrected chi connectivity index (χ2v) is 8.57. The summed E-state index contributed by atoms with van der Waals surface area (Å²) in [4.78, 5) is 27.6. The number of amides is 1. The van der Waals surface area contributed by atoms with E-state index in [-0.39, 0.29) is 11.5 Å². The van der Waals surface area contributed by atoms with Crippen LogP contribution in [0.4, 0.5) is 0 Å². The highest BCUT2D eigenvalue weighted by molar-refractivity contribution is 5.83. The monoisotopic (exact) mass is 421 g/mol. The van der Waals surface area contributed by atoms with Gasteiger partial charge in [0.25, 0.3) is 5.56 Å². The van der Waals surface area contributed by atoms with Crippen molar-refractivity contribution in [1.29, 1.82) is 0 Å². The first-order chi connectivity index (χ1) is 15.0. The van der Waals surface area contributed by atoms with Gasteiger partial charge in [0.2, 0.25) is 5.91 Å². The summed E-state index contributed by atoms with van der Waals surface area (Å²) in [6, 6.07) is 8.07. The topological polar surface area (TPSA) is 73.0 Å². The number of aromatic nitrogens is 4. The van der Waals surface area contributed by atoms with Crippen LogP contribution < -0.4 is 5.56 Å². The highest BCUT2D eigenvalue weighted by Gasteiger charge is 2.18. The highest BCUT2D eigenvalue weighted by Crippen LogP contribution is 2.21. The lowest BCUT2D eigenvalue weighted by Gasteiger charge is -2.20. The molecule has 0 spiro atoms. The minimum atomic E-state index is -0.197. The summed E-state index contributed by atoms with van der Waals surface area (Å²) in [5.74, 6) is 0.187. The van der Waals surface area contributed by atoms with Gasteiger partial charge in [-0.1, -0.05) is 30.5 Å². The van der Waals surface area contributed by atoms with Gasteiger partial charge in [0.15, 0.2) is 5.52 Å². The second-order valence-electron chi connectivity index (χ2n) is 8.57. The number of likely N-dealkylation sites (tertiary alicyclic amines) is 1. The quantitative estimate of drug-likeness (QED) is 0.630. The lowest BCUT2D eigenvalue weighted by Crippen LogP contribution is -2.32. The molecular formula is C24H31N5O2. The van der Waals surface area contributed by atoms with Crippen molar-refractivity contribution in [2.45, 2.75) is 65.8 Å². The van der Waals surface area contributed by atoms with Crippen LogP contribution in [0.15, 0.2) is 29.1 Å². The van der Waals surface area contributed by atoms with E-state index in [9.17, 15) is 9.59 Å². The second kappa shape index (κ2) is 9.04. The van der Waals surface area contributed by atoms with Crippen LogP contribution >= 0.6 is 0 Å². The molecule has 1 aliphatic rings. The molecule has 31 heavy (non-hydrogen) atoms. The zero-order chi connectivity index (χ0) is 22.0. The van der Waals surface area contributed by atoms with E-state index in [0.29, 0.717) is 24.9 Å². The molecular weight excluding hydrogens is 390 g/mol. The predicted octanol–water partition coefficient (Wildman–Crippen LogP) is 3.69. The van der Waals surface area contributed by atoms with Gasteiger partial charge < -0.3 is 4.90 Å². The summed E-state index contributed by atoms with van der Waals surface area (Å²) in [6.07, 6.45) is 5.64. The third-order valence-electron chi connectivity index (χ3n) is 6.18. The Balaban J connectivity index is 1.54. The number of benzene rings is 1. The molecule has 1 saturated heterocycles. The van der Waals surface area contributed by atoms with Crippen LogP contribution in [0.3, 0.4) is 0 Å². The number of hydrogen-bond donors (Lipinski definition) is 0. The summed E-state index contributed by atoms with van der Waals surface area (Å²) >= 11 is 0. The van der Waals surface area contributed by atoms with Crippen molar-refractivity contribution in [3.05, 3.63) is 51.6 Å². The van der Waals surface area contributed by atoms with Gasteiger partial charge >= 0.3 is 0 Å². The third kappa shape index (κ3) is 4.40. The van der Waals surface area contributed by atoms with Crippen molar-refractivity contribution in [2.24, 2.45) is 0 Å². The minimum absolute atomic E-state index is 0.187. The Bertz CT molecular complexity index is 1140. The van der Waals surface area contributed by atoms with E-state index in [1.807, 2.05) is 54.6 Å². The molecule has 1 fully saturated rings. The van der Waals surface area contributed by atoms with Crippen molar-refractivity contribution in [1.82, 2.24) is 24.5 Å². The van der Waals surface area contributed by atoms with Gasteiger partial charge in [-0.15, -0.1) is 0 Å². The van der Waals surface area contributed by atoms with Gasteiger partial charge in [-0.05, 0) is 52.2 Å². The van der Waals surface area contributed by atoms with Crippen LogP contribution in [-0.4, -0.2) is 43.5 Å². The number of aryl methyl sites for hydroxylation is 4. The molecule has 3 aromatic rings. The zero-order valence-corrected chi connectivity index (χ0v) is 18.7. The fourth-order valence-electron chi connectivity index (χ4n) is 4.43. The number of carbonyl (C=O) groups is 1. The molecule has 1 aliphatic heterocycles. The Labute approximate surface area is 182 Å². The average molecular weight is 422 g/mol. The van der Waals surface area contributed by atoms with E-state index in [4.69, 9.17) is 0 Å². The number of carbonyl (C=O) groups excluding carboxylic acids is 1. The van der Waals surface area contributed by atoms with E-state index < -0.39 is 0 Å². The first-order valence-electron chi connectivity index (χ1n) is 11.3. The fourth-order valence-corrected chi connectivity index (χ4v) is 4.43. The molecule has 0 atom stereocenters. The Kier molecular flexibility index (Phi) is 6.20. The molecule has 4 rings (SSSR count). The molecule has 0 unspecified atom stereocenters. The molecule has 0 radical (unpaired) electrons. The molecule has 2 aromatic heterocycles. The van der Waals surface area contributed by atoms with Crippen molar-refractivity contribution in [2.75, 3.05) is 13.1 Å². The third-order valence-corrected chi connectivity index (χ3v) is 6.18. The largest absolute Gasteiger partial charge is 0.343 e. The number of rotatable bonds is 5. The molecule has 3 heterocycles. The molecule has 0 bridgehead atoms. The summed E-state index contributed by atoms with van der Waals surface area (Å²) in [6.45, 7) is 8.06. The van der Waals surface area contributed by atoms with E-state index >= 15 is 0 Å². The molecule has 164 valence electrons. The average Bonchev–Trinajstić information content (AvgIpc) is 2.92. The van der Waals surface area contributed by atoms with E-state index in [0.717, 1.165) is 48.4 Å². The Morgan fingerprint density at radius 3 is 2.32 bits per heavy atom. The van der Waals surface area contributed by atoms with Gasteiger partial charge in [0.05, 0.1) is 22.5 Å². The van der Waals surface area contributed by atoms with Gasteiger partial charge in [0.1, 0.15) is 0 Å². The van der Waals surface area contributed by atoms with Crippen LogP contribution in [0.2, 0.25) is 0 Å². The lowest BCUT2D eigenvalue weighted by molar-refractivity contribution is -0.131. The maximum Gasteiger partial charge on any atom is 0.295 e. The van der Waals surface area contributed by atoms with E-state index in [2.05, 4.69) is 10.2 Å². The minimum Gasteiger partial charge on any atom is -0.343 e. The Morgan fingerprint density at radius 1 is 0.968 bits per heavy atom. The van der Waals surface area contributed by atoms with Crippen LogP contribution in [-0.2, 0) is 11.3 Å². The molecule has 0 aliphatic carbocycles. The van der Waals surface area contributed by atoms with Crippen LogP contribution in [0, 0.1) is 20.8 Å². The summed E-state index contributed by atoms with van der Waals surface area (Å²) in [7, 11) is 0. The van der Waals surface area contributed by atoms with Crippen molar-refractivity contribution >= 4 is 16.8 Å². The zero-order valence-electron chi connectivity index (χ0n) is 18.7. The van der Waals surface area contributed by atoms with E-state index in [1.165, 1.54) is 23.1 Å². The van der Waals surface area contributed by atoms with Crippen LogP contribution in [0.5, 0.6) is 0 Å². The van der Waals surface area contributed by atoms with Gasteiger partial charge in [-0.2, -0.15) is 10.2 Å². The van der Waals surface area contributed by atoms with Gasteiger partial charge in [0, 0.05) is 26.1 Å². The summed E-state index contributed by atoms with van der Waals surface area (Å²) in [5, 5.41) is 9.97. The van der Waals surface area contributed by atoms with Crippen molar-refractivity contribution in [3.63, 3.8) is 0 Å². The number of fused-ring (bicyclic) bond motifs is 1. The Hall–Kier alpha value is -2.96. The normalized spacial score (nSPS) is 14.7. The van der Waals surface area contributed by atoms with Gasteiger partial charge in [-0.3, -0.25) is 9.59 Å². The highest BCUT2D eigenvalue weighted by atomic mass is 16.2. The van der Waals surface area contributed by atoms with Crippen molar-refractivity contribution < 1.29 is 4.79 Å². The lowest BCUT2D eigenvalue weighted by atomic mass is 10.2. The summed E-state index contributed by atoms with van der Waals surface area (Å²) in [5.41, 5.74) is 4.02. The molecule has 7 nitrogen and oxygen atoms in total. The fraction of sp³-hybridized carbons (Fsp3) is 0.500. The maximum absolute atomic E-state index is 13.1. The van der Waals surface area contributed by atoms with Crippen LogP contribution in [0.1, 0.15) is 55.5 Å².